The summed E-state index contributed by atoms with van der Waals surface area (Å²) in [6.07, 6.45) is 1.38. The zero-order valence-electron chi connectivity index (χ0n) is 28.0. The van der Waals surface area contributed by atoms with Crippen LogP contribution >= 0.6 is 0 Å². The molecule has 2 amide bonds. The Bertz CT molecular complexity index is 1890. The first-order valence-corrected chi connectivity index (χ1v) is 16.2. The summed E-state index contributed by atoms with van der Waals surface area (Å²) in [7, 11) is 1.62. The molecule has 0 aliphatic heterocycles. The zero-order valence-corrected chi connectivity index (χ0v) is 28.0. The van der Waals surface area contributed by atoms with Gasteiger partial charge in [-0.15, -0.1) is 0 Å². The quantitative estimate of drug-likeness (QED) is 0.123. The maximum absolute atomic E-state index is 13.7. The molecule has 11 heteroatoms. The fraction of sp³-hybridized carbons (Fsp3) is 0.205. The molecule has 1 aromatic heterocycles. The summed E-state index contributed by atoms with van der Waals surface area (Å²) in [5, 5.41) is 6.31. The van der Waals surface area contributed by atoms with E-state index >= 15 is 0 Å². The van der Waals surface area contributed by atoms with Crippen LogP contribution in [0.2, 0.25) is 0 Å². The Morgan fingerprint density at radius 3 is 1.94 bits per heavy atom. The average molecular weight is 674 g/mol. The van der Waals surface area contributed by atoms with Crippen molar-refractivity contribution in [3.8, 4) is 5.75 Å². The number of hydrogen-bond acceptors (Lipinski definition) is 8. The molecule has 0 aliphatic carbocycles. The topological polar surface area (TPSA) is 132 Å². The van der Waals surface area contributed by atoms with Crippen molar-refractivity contribution in [3.05, 3.63) is 160 Å². The van der Waals surface area contributed by atoms with E-state index in [-0.39, 0.29) is 38.6 Å². The van der Waals surface area contributed by atoms with Crippen molar-refractivity contribution in [2.75, 3.05) is 38.7 Å². The van der Waals surface area contributed by atoms with Crippen LogP contribution in [0.3, 0.4) is 0 Å². The number of anilines is 1. The highest BCUT2D eigenvalue weighted by atomic mass is 16.5. The molecule has 1 heterocycles. The van der Waals surface area contributed by atoms with Gasteiger partial charge in [0.25, 0.3) is 5.91 Å². The van der Waals surface area contributed by atoms with E-state index in [1.165, 1.54) is 17.2 Å². The molecule has 0 spiro atoms. The summed E-state index contributed by atoms with van der Waals surface area (Å²) in [5.74, 6) is -0.712. The first-order chi connectivity index (χ1) is 24.3. The molecule has 4 aromatic carbocycles. The Morgan fingerprint density at radius 1 is 0.800 bits per heavy atom. The van der Waals surface area contributed by atoms with Gasteiger partial charge in [0.2, 0.25) is 5.91 Å². The van der Waals surface area contributed by atoms with Crippen LogP contribution in [0.1, 0.15) is 34.0 Å². The van der Waals surface area contributed by atoms with Crippen LogP contribution in [0.4, 0.5) is 5.82 Å². The van der Waals surface area contributed by atoms with Crippen LogP contribution in [-0.4, -0.2) is 65.6 Å². The van der Waals surface area contributed by atoms with Crippen molar-refractivity contribution in [1.29, 1.82) is 0 Å². The van der Waals surface area contributed by atoms with Gasteiger partial charge in [-0.05, 0) is 53.9 Å². The monoisotopic (exact) mass is 673 g/mol. The molecular formula is C39H39N5O6. The van der Waals surface area contributed by atoms with E-state index in [9.17, 15) is 19.2 Å². The van der Waals surface area contributed by atoms with E-state index in [2.05, 4.69) is 15.6 Å². The molecule has 0 aliphatic rings. The zero-order chi connectivity index (χ0) is 35.3. The summed E-state index contributed by atoms with van der Waals surface area (Å²) in [4.78, 5) is 57.1. The van der Waals surface area contributed by atoms with E-state index in [0.29, 0.717) is 11.3 Å². The lowest BCUT2D eigenvalue weighted by molar-refractivity contribution is -0.149. The fourth-order valence-electron chi connectivity index (χ4n) is 5.70. The minimum Gasteiger partial charge on any atom is -0.497 e. The molecule has 0 bridgehead atoms. The maximum atomic E-state index is 13.7. The fourth-order valence-corrected chi connectivity index (χ4v) is 5.70. The highest BCUT2D eigenvalue weighted by molar-refractivity contribution is 6.03. The minimum absolute atomic E-state index is 0.0526. The van der Waals surface area contributed by atoms with Crippen LogP contribution in [0.25, 0.3) is 0 Å². The highest BCUT2D eigenvalue weighted by Gasteiger charge is 2.36. The van der Waals surface area contributed by atoms with E-state index in [4.69, 9.17) is 9.47 Å². The Hall–Kier alpha value is -6.07. The van der Waals surface area contributed by atoms with Gasteiger partial charge in [-0.25, -0.2) is 4.79 Å². The Morgan fingerprint density at radius 2 is 1.38 bits per heavy atom. The SMILES string of the molecule is CCOC(=O)CN(CCNC(c1ccccc1)(c1ccccc1)c1ccc(OC)cc1)C(=O)Cn1ccc(NC(=O)c2ccccc2)nc1=O. The predicted molar refractivity (Wildman–Crippen MR) is 190 cm³/mol. The predicted octanol–water partition coefficient (Wildman–Crippen LogP) is 4.48. The molecule has 0 atom stereocenters. The van der Waals surface area contributed by atoms with Crippen molar-refractivity contribution >= 4 is 23.6 Å². The normalized spacial score (nSPS) is 11.0. The molecular weight excluding hydrogens is 634 g/mol. The van der Waals surface area contributed by atoms with Gasteiger partial charge in [0.05, 0.1) is 19.3 Å². The number of ether oxygens (including phenoxy) is 2. The first-order valence-electron chi connectivity index (χ1n) is 16.2. The molecule has 2 N–H and O–H groups in total. The van der Waals surface area contributed by atoms with E-state index in [0.717, 1.165) is 21.3 Å². The number of methoxy groups -OCH3 is 1. The van der Waals surface area contributed by atoms with Crippen molar-refractivity contribution in [1.82, 2.24) is 19.8 Å². The second kappa shape index (κ2) is 16.8. The Labute approximate surface area is 290 Å². The van der Waals surface area contributed by atoms with Crippen molar-refractivity contribution in [3.63, 3.8) is 0 Å². The number of nitrogens with zero attached hydrogens (tertiary/aromatic N) is 3. The lowest BCUT2D eigenvalue weighted by atomic mass is 9.77. The van der Waals surface area contributed by atoms with Crippen molar-refractivity contribution in [2.45, 2.75) is 19.0 Å². The van der Waals surface area contributed by atoms with E-state index in [1.54, 1.807) is 44.4 Å². The van der Waals surface area contributed by atoms with Gasteiger partial charge >= 0.3 is 11.7 Å². The van der Waals surface area contributed by atoms with Gasteiger partial charge in [-0.1, -0.05) is 91.0 Å². The first kappa shape index (κ1) is 35.2. The summed E-state index contributed by atoms with van der Waals surface area (Å²) in [5.41, 5.74) is 1.72. The van der Waals surface area contributed by atoms with Crippen molar-refractivity contribution in [2.24, 2.45) is 0 Å². The largest absolute Gasteiger partial charge is 0.497 e. The molecule has 5 rings (SSSR count). The van der Waals surface area contributed by atoms with E-state index in [1.807, 2.05) is 84.9 Å². The number of hydrogen-bond donors (Lipinski definition) is 2. The van der Waals surface area contributed by atoms with Crippen LogP contribution in [0.15, 0.2) is 132 Å². The summed E-state index contributed by atoms with van der Waals surface area (Å²) >= 11 is 0. The third-order valence-corrected chi connectivity index (χ3v) is 8.14. The van der Waals surface area contributed by atoms with Gasteiger partial charge in [0, 0.05) is 24.8 Å². The molecule has 0 unspecified atom stereocenters. The molecule has 0 fully saturated rings. The van der Waals surface area contributed by atoms with Gasteiger partial charge in [-0.3, -0.25) is 24.3 Å². The highest BCUT2D eigenvalue weighted by Crippen LogP contribution is 2.37. The number of carbonyl (C=O) groups is 3. The number of nitrogens with one attached hydrogen (secondary N) is 2. The molecule has 11 nitrogen and oxygen atoms in total. The standard InChI is InChI=1S/C39H39N5O6/c1-3-50-36(46)28-43(35(45)27-44-25-23-34(42-38(44)48)41-37(47)29-13-7-4-8-14-29)26-24-40-39(30-15-9-5-10-16-30,31-17-11-6-12-18-31)32-19-21-33(49-2)22-20-32/h4-23,25,40H,3,24,26-28H2,1-2H3,(H,41,42,47,48). The molecule has 256 valence electrons. The molecule has 0 saturated carbocycles. The lowest BCUT2D eigenvalue weighted by Crippen LogP contribution is -2.49. The lowest BCUT2D eigenvalue weighted by Gasteiger charge is -2.38. The summed E-state index contributed by atoms with van der Waals surface area (Å²) < 4.78 is 11.7. The molecule has 0 saturated heterocycles. The number of carbonyl (C=O) groups excluding carboxylic acids is 3. The molecule has 50 heavy (non-hydrogen) atoms. The van der Waals surface area contributed by atoms with Crippen molar-refractivity contribution < 1.29 is 23.9 Å². The Balaban J connectivity index is 1.39. The number of benzene rings is 4. The second-order valence-corrected chi connectivity index (χ2v) is 11.3. The van der Waals surface area contributed by atoms with Gasteiger partial charge < -0.3 is 19.7 Å². The number of amides is 2. The third-order valence-electron chi connectivity index (χ3n) is 8.14. The molecule has 5 aromatic rings. The van der Waals surface area contributed by atoms with E-state index < -0.39 is 29.0 Å². The summed E-state index contributed by atoms with van der Waals surface area (Å²) in [6, 6.07) is 37.7. The average Bonchev–Trinajstić information content (AvgIpc) is 3.15. The van der Waals surface area contributed by atoms with Crippen LogP contribution in [0.5, 0.6) is 5.75 Å². The van der Waals surface area contributed by atoms with Crippen LogP contribution < -0.4 is 21.1 Å². The van der Waals surface area contributed by atoms with Crippen LogP contribution in [0, 0.1) is 0 Å². The maximum Gasteiger partial charge on any atom is 0.349 e. The van der Waals surface area contributed by atoms with Crippen LogP contribution in [-0.2, 0) is 26.4 Å². The van der Waals surface area contributed by atoms with Gasteiger partial charge in [0.1, 0.15) is 24.7 Å². The summed E-state index contributed by atoms with van der Waals surface area (Å²) in [6.45, 7) is 1.54. The smallest absolute Gasteiger partial charge is 0.349 e. The van der Waals surface area contributed by atoms with Gasteiger partial charge in [0.15, 0.2) is 0 Å². The molecule has 0 radical (unpaired) electrons. The van der Waals surface area contributed by atoms with Gasteiger partial charge in [-0.2, -0.15) is 4.98 Å². The Kier molecular flexibility index (Phi) is 11.9. The number of aromatic nitrogens is 2. The minimum atomic E-state index is -0.839. The third kappa shape index (κ3) is 8.50. The second-order valence-electron chi connectivity index (χ2n) is 11.3. The number of esters is 1. The number of rotatable bonds is 15.